The number of carbonyl (C=O) groups excluding carboxylic acids is 8. The van der Waals surface area contributed by atoms with E-state index in [2.05, 4.69) is 40.2 Å². The highest BCUT2D eigenvalue weighted by Crippen LogP contribution is 2.33. The second kappa shape index (κ2) is 37.9. The summed E-state index contributed by atoms with van der Waals surface area (Å²) in [6.07, 6.45) is -2.56. The Balaban J connectivity index is 0.000000501. The SMILES string of the molecule is C.CC(C)[C@H](C)C(=O)N[C@@H](CCCNC(N)=O)C(=O)Cc1ccc(CO)cc1.CC(C)[C@H](C)C(=O)N[C@@H](CCCNC(N)=O)C(=O)Cc1ccc(COC(=O)Oc2c(F)c(F)c(F)c(F)c2F)cc1.O=C(Oc1c(F)c(F)c(F)c(F)c1F)Oc1c(F)c(F)c(F)c(F)c1F. The summed E-state index contributed by atoms with van der Waals surface area (Å²) < 4.78 is 213. The minimum atomic E-state index is -2.62. The zero-order valence-corrected chi connectivity index (χ0v) is 50.3. The van der Waals surface area contributed by atoms with Crippen LogP contribution >= 0.6 is 0 Å². The monoisotopic (exact) mass is 1370 g/mol. The molecule has 4 atom stereocenters. The van der Waals surface area contributed by atoms with Crippen LogP contribution in [0.2, 0.25) is 0 Å². The first kappa shape index (κ1) is 81.5. The molecule has 0 unspecified atom stereocenters. The number of hydrogen-bond acceptors (Lipinski definition) is 13. The average Bonchev–Trinajstić information content (AvgIpc) is 0.807. The van der Waals surface area contributed by atoms with Gasteiger partial charge in [0.2, 0.25) is 116 Å². The van der Waals surface area contributed by atoms with Gasteiger partial charge in [0.15, 0.2) is 11.6 Å². The third-order valence-electron chi connectivity index (χ3n) is 13.6. The van der Waals surface area contributed by atoms with Gasteiger partial charge < -0.3 is 56.8 Å². The Bertz CT molecular complexity index is 3390. The second-order valence-corrected chi connectivity index (χ2v) is 20.9. The Hall–Kier alpha value is -9.63. The molecule has 5 rings (SSSR count). The highest BCUT2D eigenvalue weighted by molar-refractivity contribution is 5.92. The maximum absolute atomic E-state index is 13.7. The summed E-state index contributed by atoms with van der Waals surface area (Å²) in [5, 5.41) is 19.6. The molecule has 0 bridgehead atoms. The van der Waals surface area contributed by atoms with Gasteiger partial charge >= 0.3 is 24.4 Å². The van der Waals surface area contributed by atoms with Crippen molar-refractivity contribution in [3.63, 3.8) is 0 Å². The van der Waals surface area contributed by atoms with Gasteiger partial charge in [-0.2, -0.15) is 26.3 Å². The topological polar surface area (TPSA) is 294 Å². The predicted octanol–water partition coefficient (Wildman–Crippen LogP) is 11.2. The highest BCUT2D eigenvalue weighted by Gasteiger charge is 2.34. The fraction of sp³-hybridized carbons (Fsp3) is 0.377. The smallest absolute Gasteiger partial charge is 0.429 e. The molecule has 6 amide bonds. The minimum Gasteiger partial charge on any atom is -0.429 e. The van der Waals surface area contributed by atoms with Crippen molar-refractivity contribution in [3.8, 4) is 17.2 Å². The largest absolute Gasteiger partial charge is 0.519 e. The molecule has 0 radical (unpaired) electrons. The van der Waals surface area contributed by atoms with E-state index in [0.29, 0.717) is 36.9 Å². The molecule has 0 saturated heterocycles. The van der Waals surface area contributed by atoms with E-state index >= 15 is 0 Å². The number of aliphatic hydroxyl groups is 1. The number of aliphatic hydroxyl groups excluding tert-OH is 1. The van der Waals surface area contributed by atoms with E-state index in [1.54, 1.807) is 31.2 Å². The molecule has 34 heteroatoms. The van der Waals surface area contributed by atoms with E-state index in [4.69, 9.17) is 16.6 Å². The number of urea groups is 2. The van der Waals surface area contributed by atoms with Crippen LogP contribution in [0.1, 0.15) is 96.9 Å². The summed E-state index contributed by atoms with van der Waals surface area (Å²) in [4.78, 5) is 95.4. The number of ether oxygens (including phenoxy) is 4. The molecule has 5 aromatic rings. The standard InChI is InChI=1S/C27H30F5N3O6.C20H31N3O4.C13F10O3.CH4/c1-13(2)14(3)25(37)35-17(5-4-10-34-26(33)38)18(36)11-15-6-8-16(9-7-15)12-40-27(39)41-24-22(31)20(29)19(28)21(30)23(24)32;1-13(2)14(3)19(26)23-17(5-4-10-22-20(21)27)18(25)11-15-6-8-16(12-24)9-7-15;14-1-3(16)7(20)11(8(21)4(1)17)25-13(24)26-12-9(22)5(18)2(15)6(19)10(12)23;/h6-9,13-14,17H,4-5,10-12H2,1-3H3,(H,35,37)(H3,33,34,38);6-9,13-14,17,24H,4-5,10-12H2,1-3H3,(H,23,26)(H3,21,22,27);;1H4/t2*14-,17-;;/m00../s1. The molecule has 5 aromatic carbocycles. The summed E-state index contributed by atoms with van der Waals surface area (Å²) in [6.45, 7) is 11.3. The zero-order valence-electron chi connectivity index (χ0n) is 50.3. The quantitative estimate of drug-likeness (QED) is 0.00678. The molecule has 0 aliphatic carbocycles. The summed E-state index contributed by atoms with van der Waals surface area (Å²) in [7, 11) is 0. The number of rotatable bonds is 26. The maximum atomic E-state index is 13.7. The van der Waals surface area contributed by atoms with E-state index in [1.807, 2.05) is 34.6 Å². The Kier molecular flexibility index (Phi) is 32.5. The van der Waals surface area contributed by atoms with Crippen molar-refractivity contribution in [1.29, 1.82) is 0 Å². The molecule has 0 fully saturated rings. The summed E-state index contributed by atoms with van der Waals surface area (Å²) in [6, 6.07) is 10.4. The van der Waals surface area contributed by atoms with E-state index in [9.17, 15) is 104 Å². The lowest BCUT2D eigenvalue weighted by atomic mass is 9.95. The number of amides is 6. The van der Waals surface area contributed by atoms with Crippen LogP contribution in [0, 0.1) is 111 Å². The summed E-state index contributed by atoms with van der Waals surface area (Å²) in [5.74, 6) is -45.0. The number of ketones is 2. The zero-order chi connectivity index (χ0) is 71.2. The number of halogens is 15. The molecular weight excluding hydrogens is 1310 g/mol. The normalized spacial score (nSPS) is 12.0. The molecule has 0 aromatic heterocycles. The summed E-state index contributed by atoms with van der Waals surface area (Å²) in [5.41, 5.74) is 12.6. The van der Waals surface area contributed by atoms with Gasteiger partial charge in [0.05, 0.1) is 18.7 Å². The Morgan fingerprint density at radius 3 is 0.947 bits per heavy atom. The fourth-order valence-corrected chi connectivity index (χ4v) is 7.50. The van der Waals surface area contributed by atoms with Gasteiger partial charge in [-0.1, -0.05) is 97.5 Å². The molecule has 19 nitrogen and oxygen atoms in total. The molecule has 95 heavy (non-hydrogen) atoms. The number of hydrogen-bond donors (Lipinski definition) is 7. The van der Waals surface area contributed by atoms with Crippen LogP contribution in [-0.4, -0.2) is 78.0 Å². The van der Waals surface area contributed by atoms with Crippen LogP contribution in [0.25, 0.3) is 0 Å². The van der Waals surface area contributed by atoms with Gasteiger partial charge in [-0.15, -0.1) is 0 Å². The van der Waals surface area contributed by atoms with Crippen molar-refractivity contribution in [1.82, 2.24) is 21.3 Å². The van der Waals surface area contributed by atoms with E-state index in [-0.39, 0.29) is 86.9 Å². The molecule has 9 N–H and O–H groups in total. The van der Waals surface area contributed by atoms with Gasteiger partial charge in [0.1, 0.15) is 6.61 Å². The third kappa shape index (κ3) is 23.7. The number of nitrogens with two attached hydrogens (primary N) is 2. The van der Waals surface area contributed by atoms with E-state index in [1.165, 1.54) is 24.3 Å². The van der Waals surface area contributed by atoms with E-state index in [0.717, 1.165) is 11.1 Å². The lowest BCUT2D eigenvalue weighted by molar-refractivity contribution is -0.130. The highest BCUT2D eigenvalue weighted by atomic mass is 19.2. The minimum absolute atomic E-state index is 0. The van der Waals surface area contributed by atoms with Gasteiger partial charge in [-0.3, -0.25) is 19.2 Å². The van der Waals surface area contributed by atoms with Crippen molar-refractivity contribution in [2.24, 2.45) is 35.1 Å². The van der Waals surface area contributed by atoms with Crippen molar-refractivity contribution in [3.05, 3.63) is 158 Å². The first-order valence-corrected chi connectivity index (χ1v) is 27.7. The van der Waals surface area contributed by atoms with Gasteiger partial charge in [-0.25, -0.2) is 58.7 Å². The third-order valence-corrected chi connectivity index (χ3v) is 13.6. The molecule has 522 valence electrons. The van der Waals surface area contributed by atoms with Crippen LogP contribution in [0.5, 0.6) is 17.2 Å². The van der Waals surface area contributed by atoms with Crippen molar-refractivity contribution in [2.45, 2.75) is 113 Å². The average molecular weight is 1380 g/mol. The van der Waals surface area contributed by atoms with E-state index < -0.39 is 148 Å². The maximum Gasteiger partial charge on any atom is 0.519 e. The van der Waals surface area contributed by atoms with Gasteiger partial charge in [0, 0.05) is 37.8 Å². The molecule has 0 saturated carbocycles. The van der Waals surface area contributed by atoms with Crippen molar-refractivity contribution >= 4 is 47.8 Å². The number of benzene rings is 5. The number of carbonyl (C=O) groups is 8. The first-order valence-electron chi connectivity index (χ1n) is 27.7. The Morgan fingerprint density at radius 2 is 0.674 bits per heavy atom. The molecular formula is C61H65F15N6O13. The summed E-state index contributed by atoms with van der Waals surface area (Å²) >= 11 is 0. The van der Waals surface area contributed by atoms with Gasteiger partial charge in [0.25, 0.3) is 0 Å². The molecule has 0 aliphatic rings. The molecule has 0 heterocycles. The number of primary amides is 2. The lowest BCUT2D eigenvalue weighted by Gasteiger charge is -2.22. The van der Waals surface area contributed by atoms with Crippen molar-refractivity contribution in [2.75, 3.05) is 13.1 Å². The number of nitrogens with one attached hydrogen (secondary N) is 4. The Labute approximate surface area is 532 Å². The van der Waals surface area contributed by atoms with Crippen LogP contribution < -0.4 is 46.9 Å². The second-order valence-electron chi connectivity index (χ2n) is 20.9. The fourth-order valence-electron chi connectivity index (χ4n) is 7.50. The van der Waals surface area contributed by atoms with Gasteiger partial charge in [-0.05, 0) is 59.8 Å². The number of Topliss-reactive ketones (excluding diaryl/α,β-unsaturated/α-hetero) is 2. The predicted molar refractivity (Wildman–Crippen MR) is 305 cm³/mol. The molecule has 0 aliphatic heterocycles. The van der Waals surface area contributed by atoms with Crippen LogP contribution in [-0.2, 0) is 50.0 Å². The van der Waals surface area contributed by atoms with Crippen LogP contribution in [0.4, 0.5) is 85.0 Å². The van der Waals surface area contributed by atoms with Crippen molar-refractivity contribution < 1.29 is 128 Å². The van der Waals surface area contributed by atoms with Crippen LogP contribution in [0.15, 0.2) is 48.5 Å². The van der Waals surface area contributed by atoms with Crippen LogP contribution in [0.3, 0.4) is 0 Å². The molecule has 0 spiro atoms. The first-order chi connectivity index (χ1) is 43.9. The lowest BCUT2D eigenvalue weighted by Crippen LogP contribution is -2.45. The Morgan fingerprint density at radius 1 is 0.411 bits per heavy atom.